The van der Waals surface area contributed by atoms with Crippen molar-refractivity contribution in [1.82, 2.24) is 0 Å². The molecule has 2 aromatic carbocycles. The van der Waals surface area contributed by atoms with Crippen molar-refractivity contribution in [2.24, 2.45) is 5.92 Å². The summed E-state index contributed by atoms with van der Waals surface area (Å²) in [7, 11) is 0. The Morgan fingerprint density at radius 2 is 1.68 bits per heavy atom. The fourth-order valence-electron chi connectivity index (χ4n) is 5.56. The number of halogens is 2. The molecule has 1 fully saturated rings. The van der Waals surface area contributed by atoms with E-state index in [0.29, 0.717) is 24.3 Å². The van der Waals surface area contributed by atoms with E-state index >= 15 is 4.39 Å². The monoisotopic (exact) mass is 422 g/mol. The van der Waals surface area contributed by atoms with Crippen molar-refractivity contribution in [2.45, 2.75) is 90.4 Å². The Bertz CT molecular complexity index is 932. The van der Waals surface area contributed by atoms with Crippen LogP contribution in [0.4, 0.5) is 8.78 Å². The molecule has 31 heavy (non-hydrogen) atoms. The van der Waals surface area contributed by atoms with Gasteiger partial charge in [-0.15, -0.1) is 0 Å². The first-order chi connectivity index (χ1) is 15.1. The van der Waals surface area contributed by atoms with Crippen LogP contribution < -0.4 is 0 Å². The van der Waals surface area contributed by atoms with Gasteiger partial charge in [0.05, 0.1) is 0 Å². The molecule has 0 atom stereocenters. The maximum atomic E-state index is 15.1. The molecule has 1 saturated carbocycles. The van der Waals surface area contributed by atoms with Gasteiger partial charge in [0.15, 0.2) is 0 Å². The average molecular weight is 423 g/mol. The Morgan fingerprint density at radius 1 is 0.871 bits per heavy atom. The Balaban J connectivity index is 1.42. The summed E-state index contributed by atoms with van der Waals surface area (Å²) in [5, 5.41) is 0. The van der Waals surface area contributed by atoms with Crippen LogP contribution in [-0.2, 0) is 19.3 Å². The van der Waals surface area contributed by atoms with Gasteiger partial charge in [-0.05, 0) is 96.7 Å². The molecule has 166 valence electrons. The molecule has 0 amide bonds. The van der Waals surface area contributed by atoms with Gasteiger partial charge in [0.25, 0.3) is 0 Å². The van der Waals surface area contributed by atoms with E-state index < -0.39 is 0 Å². The summed E-state index contributed by atoms with van der Waals surface area (Å²) in [5.41, 5.74) is 5.77. The van der Waals surface area contributed by atoms with Gasteiger partial charge < -0.3 is 0 Å². The molecule has 0 N–H and O–H groups in total. The van der Waals surface area contributed by atoms with Crippen LogP contribution in [0.1, 0.15) is 98.9 Å². The normalized spacial score (nSPS) is 21.0. The van der Waals surface area contributed by atoms with Gasteiger partial charge in [0, 0.05) is 5.56 Å². The highest BCUT2D eigenvalue weighted by Gasteiger charge is 2.24. The zero-order chi connectivity index (χ0) is 21.8. The smallest absolute Gasteiger partial charge is 0.130 e. The van der Waals surface area contributed by atoms with E-state index in [1.54, 1.807) is 12.1 Å². The number of rotatable bonds is 7. The minimum absolute atomic E-state index is 0.122. The number of hydrogen-bond acceptors (Lipinski definition) is 0. The molecule has 4 rings (SSSR count). The largest absolute Gasteiger partial charge is 0.207 e. The Kier molecular flexibility index (Phi) is 7.25. The quantitative estimate of drug-likeness (QED) is 0.392. The number of benzene rings is 2. The van der Waals surface area contributed by atoms with Gasteiger partial charge in [-0.1, -0.05) is 63.8 Å². The molecule has 2 aliphatic rings. The van der Waals surface area contributed by atoms with Gasteiger partial charge in [-0.3, -0.25) is 0 Å². The van der Waals surface area contributed by atoms with Crippen LogP contribution in [0.15, 0.2) is 36.4 Å². The third-order valence-electron chi connectivity index (χ3n) is 7.57. The summed E-state index contributed by atoms with van der Waals surface area (Å²) in [6, 6.07) is 9.51. The molecule has 0 radical (unpaired) electrons. The fraction of sp³-hybridized carbons (Fsp3) is 0.517. The van der Waals surface area contributed by atoms with Crippen LogP contribution in [0, 0.1) is 17.6 Å². The van der Waals surface area contributed by atoms with E-state index in [9.17, 15) is 4.39 Å². The minimum atomic E-state index is -0.136. The van der Waals surface area contributed by atoms with Gasteiger partial charge in [-0.25, -0.2) is 8.78 Å². The highest BCUT2D eigenvalue weighted by Crippen LogP contribution is 2.39. The van der Waals surface area contributed by atoms with E-state index in [-0.39, 0.29) is 11.6 Å². The molecule has 2 aromatic rings. The summed E-state index contributed by atoms with van der Waals surface area (Å²) in [6.45, 7) is 4.24. The Morgan fingerprint density at radius 3 is 2.39 bits per heavy atom. The molecule has 2 heteroatoms. The number of unbranched alkanes of at least 4 members (excludes halogenated alkanes) is 2. The van der Waals surface area contributed by atoms with Crippen LogP contribution in [0.3, 0.4) is 0 Å². The van der Waals surface area contributed by atoms with Crippen molar-refractivity contribution >= 4 is 5.57 Å². The van der Waals surface area contributed by atoms with Gasteiger partial charge in [-0.2, -0.15) is 0 Å². The van der Waals surface area contributed by atoms with E-state index in [0.717, 1.165) is 34.6 Å². The van der Waals surface area contributed by atoms with E-state index in [1.165, 1.54) is 56.9 Å². The standard InChI is InChI=1S/C29H36F2/c1-3-5-6-7-20-8-10-22(11-9-20)24-14-15-27(29(31)18-24)25-13-12-23-16-21(4-2)28(30)19-26(23)17-25/h13-16,18-20,22H,3-12,17H2,1-2H3. The zero-order valence-electron chi connectivity index (χ0n) is 19.2. The second-order valence-corrected chi connectivity index (χ2v) is 9.63. The molecule has 0 unspecified atom stereocenters. The van der Waals surface area contributed by atoms with Gasteiger partial charge >= 0.3 is 0 Å². The third-order valence-corrected chi connectivity index (χ3v) is 7.57. The number of allylic oxidation sites excluding steroid dienone is 2. The first kappa shape index (κ1) is 22.2. The van der Waals surface area contributed by atoms with Crippen molar-refractivity contribution in [3.8, 4) is 0 Å². The summed E-state index contributed by atoms with van der Waals surface area (Å²) >= 11 is 0. The summed E-state index contributed by atoms with van der Waals surface area (Å²) in [4.78, 5) is 0. The van der Waals surface area contributed by atoms with Gasteiger partial charge in [0.2, 0.25) is 0 Å². The predicted molar refractivity (Wildman–Crippen MR) is 126 cm³/mol. The second-order valence-electron chi connectivity index (χ2n) is 9.63. The molecule has 0 spiro atoms. The van der Waals surface area contributed by atoms with E-state index in [2.05, 4.69) is 19.1 Å². The maximum absolute atomic E-state index is 15.1. The predicted octanol–water partition coefficient (Wildman–Crippen LogP) is 8.56. The maximum Gasteiger partial charge on any atom is 0.130 e. The van der Waals surface area contributed by atoms with Crippen LogP contribution >= 0.6 is 0 Å². The summed E-state index contributed by atoms with van der Waals surface area (Å²) < 4.78 is 29.4. The minimum Gasteiger partial charge on any atom is -0.207 e. The molecular weight excluding hydrogens is 386 g/mol. The van der Waals surface area contributed by atoms with Crippen LogP contribution in [-0.4, -0.2) is 0 Å². The number of aryl methyl sites for hydroxylation is 1. The number of fused-ring (bicyclic) bond motifs is 1. The lowest BCUT2D eigenvalue weighted by atomic mass is 9.76. The lowest BCUT2D eigenvalue weighted by Gasteiger charge is -2.29. The highest BCUT2D eigenvalue weighted by atomic mass is 19.1. The van der Waals surface area contributed by atoms with Crippen molar-refractivity contribution in [2.75, 3.05) is 0 Å². The molecular formula is C29H36F2. The van der Waals surface area contributed by atoms with Crippen molar-refractivity contribution in [3.05, 3.63) is 75.9 Å². The van der Waals surface area contributed by atoms with Crippen molar-refractivity contribution < 1.29 is 8.78 Å². The SMILES string of the molecule is CCCCCC1CCC(c2ccc(C3=CCc4cc(CC)c(F)cc4C3)c(F)c2)CC1. The lowest BCUT2D eigenvalue weighted by molar-refractivity contribution is 0.302. The van der Waals surface area contributed by atoms with E-state index in [4.69, 9.17) is 0 Å². The van der Waals surface area contributed by atoms with E-state index in [1.807, 2.05) is 19.1 Å². The summed E-state index contributed by atoms with van der Waals surface area (Å²) in [5.74, 6) is 1.10. The Labute approximate surface area is 186 Å². The molecule has 0 bridgehead atoms. The van der Waals surface area contributed by atoms with Crippen molar-refractivity contribution in [3.63, 3.8) is 0 Å². The van der Waals surface area contributed by atoms with Crippen LogP contribution in [0.25, 0.3) is 5.57 Å². The molecule has 2 aliphatic carbocycles. The fourth-order valence-corrected chi connectivity index (χ4v) is 5.56. The molecule has 0 aliphatic heterocycles. The third kappa shape index (κ3) is 5.10. The topological polar surface area (TPSA) is 0 Å². The average Bonchev–Trinajstić information content (AvgIpc) is 2.79. The summed E-state index contributed by atoms with van der Waals surface area (Å²) in [6.07, 6.45) is 14.5. The van der Waals surface area contributed by atoms with Crippen molar-refractivity contribution in [1.29, 1.82) is 0 Å². The van der Waals surface area contributed by atoms with Gasteiger partial charge in [0.1, 0.15) is 11.6 Å². The molecule has 0 nitrogen and oxygen atoms in total. The van der Waals surface area contributed by atoms with Crippen LogP contribution in [0.5, 0.6) is 0 Å². The molecule has 0 heterocycles. The first-order valence-electron chi connectivity index (χ1n) is 12.4. The molecule has 0 aromatic heterocycles. The first-order valence-corrected chi connectivity index (χ1v) is 12.4. The highest BCUT2D eigenvalue weighted by molar-refractivity contribution is 5.71. The zero-order valence-corrected chi connectivity index (χ0v) is 19.2. The number of hydrogen-bond donors (Lipinski definition) is 0. The lowest BCUT2D eigenvalue weighted by Crippen LogP contribution is -2.14. The molecule has 0 saturated heterocycles. The second kappa shape index (κ2) is 10.1. The Hall–Kier alpha value is -1.96. The van der Waals surface area contributed by atoms with Crippen LogP contribution in [0.2, 0.25) is 0 Å².